The molecule has 7 rings (SSSR count). The first-order valence-corrected chi connectivity index (χ1v) is 27.7. The third kappa shape index (κ3) is 162. The van der Waals surface area contributed by atoms with E-state index in [-0.39, 0.29) is 81.7 Å². The summed E-state index contributed by atoms with van der Waals surface area (Å²) < 4.78 is 0. The molecule has 550 valence electrons. The fraction of sp³-hybridized carbons (Fsp3) is 0.581. The Morgan fingerprint density at radius 1 is 0.341 bits per heavy atom. The Kier molecular flexibility index (Phi) is 130. The molecular formula is C74H169N17. The van der Waals surface area contributed by atoms with Gasteiger partial charge in [0.2, 0.25) is 0 Å². The third-order valence-corrected chi connectivity index (χ3v) is 5.66. The molecule has 16 N–H and O–H groups in total. The second-order valence-corrected chi connectivity index (χ2v) is 22.8. The average Bonchev–Trinajstić information content (AvgIpc) is 4.05. The Morgan fingerprint density at radius 2 is 0.659 bits per heavy atom. The number of hydrazine groups is 3. The molecule has 0 aromatic rings. The second kappa shape index (κ2) is 89.3. The minimum atomic E-state index is 0. The van der Waals surface area contributed by atoms with Crippen LogP contribution < -0.4 is 85.7 Å². The highest BCUT2D eigenvalue weighted by Gasteiger charge is 2.07. The van der Waals surface area contributed by atoms with Gasteiger partial charge in [0.05, 0.1) is 30.3 Å². The van der Waals surface area contributed by atoms with Crippen molar-refractivity contribution in [3.63, 3.8) is 0 Å². The zero-order valence-corrected chi connectivity index (χ0v) is 54.9. The molecule has 0 spiro atoms. The van der Waals surface area contributed by atoms with E-state index in [9.17, 15) is 0 Å². The summed E-state index contributed by atoms with van der Waals surface area (Å²) in [7, 11) is 0. The van der Waals surface area contributed by atoms with E-state index in [1.807, 2.05) is 6.08 Å². The van der Waals surface area contributed by atoms with Crippen molar-refractivity contribution in [2.45, 2.75) is 240 Å². The van der Waals surface area contributed by atoms with E-state index in [1.54, 1.807) is 24.9 Å². The Bertz CT molecular complexity index is 1630. The standard InChI is InChI=1S/C7H10N2.C6H9N3.C6H10N2.C5H7N3.2C4H6N2.7C4H10.C3H7N3.11CH4/c1-5-4-6(2)9-7(3)8-5;1-4-7-5(2)9-6(3)8-4;1-5-3-4-7-6(2)8-5;1-4-6-3-7-5(2)8-4;1-4-5-2-3-6-4;1-4-2-3-5-6-4;7*1-4(2)3;1-3-2-4-6-5-3;;;;;;;;;;;/h8-9H,1-4H2;7-9H,1-3H2;7-8H,1-4H2;3,8H,1-2H2,(H,6,7);2*2-3,5-6H,1H2;7*4H,1-3H3;4-6H,1-2H2;11*1H4. The van der Waals surface area contributed by atoms with Gasteiger partial charge >= 0.3 is 0 Å². The molecule has 7 heterocycles. The SMILES string of the molecule is C.C.C.C.C.C.C.C.C.C.C.C=C1C=CNN1.C=C1CC(=C)NC(=C)N1.C=C1CCNC(=C)N1.C=C1CNNN1.C=C1N=CNC(=C)N1.C=C1NC(=C)NC(=C)N1.C=C1NC=CN1.CC(C)C.CC(C)C.CC(C)C.CC(C)C.CC(C)C.CC(C)C.CC(C)C. The molecule has 0 unspecified atom stereocenters. The summed E-state index contributed by atoms with van der Waals surface area (Å²) in [6, 6.07) is 0. The van der Waals surface area contributed by atoms with E-state index in [0.29, 0.717) is 29.1 Å². The second-order valence-electron chi connectivity index (χ2n) is 22.8. The quantitative estimate of drug-likeness (QED) is 0.109. The predicted molar refractivity (Wildman–Crippen MR) is 432 cm³/mol. The lowest BCUT2D eigenvalue weighted by atomic mass is 10.2. The van der Waals surface area contributed by atoms with Crippen LogP contribution in [0.1, 0.15) is 240 Å². The first-order valence-electron chi connectivity index (χ1n) is 27.7. The number of nitrogens with zero attached hydrogens (tertiary/aromatic N) is 1. The van der Waals surface area contributed by atoms with Gasteiger partial charge in [-0.1, -0.05) is 313 Å². The molecule has 7 aliphatic rings. The molecular weight excluding hydrogens is 1130 g/mol. The molecule has 4 fully saturated rings. The molecule has 4 saturated heterocycles. The summed E-state index contributed by atoms with van der Waals surface area (Å²) in [5.41, 5.74) is 18.6. The molecule has 0 radical (unpaired) electrons. The highest BCUT2D eigenvalue weighted by molar-refractivity contribution is 5.60. The topological polar surface area (TPSA) is 205 Å². The Labute approximate surface area is 574 Å². The van der Waals surface area contributed by atoms with Crippen LogP contribution >= 0.6 is 0 Å². The first kappa shape index (κ1) is 133. The molecule has 0 saturated carbocycles. The fourth-order valence-electron chi connectivity index (χ4n) is 3.53. The lowest BCUT2D eigenvalue weighted by molar-refractivity contribution is 0.602. The van der Waals surface area contributed by atoms with E-state index >= 15 is 0 Å². The normalized spacial score (nSPS) is 13.3. The number of hydrogen-bond donors (Lipinski definition) is 16. The molecule has 17 nitrogen and oxygen atoms in total. The number of aliphatic imine (C=N–C) groups is 1. The number of allylic oxidation sites excluding steroid dienone is 1. The summed E-state index contributed by atoms with van der Waals surface area (Å²) in [5, 5.41) is 31.6. The number of nitrogens with one attached hydrogen (secondary N) is 16. The summed E-state index contributed by atoms with van der Waals surface area (Å²) >= 11 is 0. The van der Waals surface area contributed by atoms with Gasteiger partial charge in [0, 0.05) is 66.5 Å². The summed E-state index contributed by atoms with van der Waals surface area (Å²) in [4.78, 5) is 3.78. The highest BCUT2D eigenvalue weighted by atomic mass is 15.6. The van der Waals surface area contributed by atoms with Gasteiger partial charge in [0.1, 0.15) is 29.1 Å². The van der Waals surface area contributed by atoms with Crippen LogP contribution in [-0.4, -0.2) is 19.4 Å². The maximum absolute atomic E-state index is 3.78. The molecule has 0 aliphatic carbocycles. The Hall–Kier alpha value is -7.11. The maximum atomic E-state index is 3.78. The maximum Gasteiger partial charge on any atom is 0.125 e. The molecule has 0 bridgehead atoms. The van der Waals surface area contributed by atoms with Gasteiger partial charge in [0.25, 0.3) is 0 Å². The van der Waals surface area contributed by atoms with E-state index < -0.39 is 0 Å². The molecule has 91 heavy (non-hydrogen) atoms. The van der Waals surface area contributed by atoms with Crippen LogP contribution in [-0.2, 0) is 0 Å². The zero-order valence-electron chi connectivity index (χ0n) is 54.9. The van der Waals surface area contributed by atoms with Crippen LogP contribution in [0.15, 0.2) is 190 Å². The lowest BCUT2D eigenvalue weighted by Crippen LogP contribution is -2.40. The highest BCUT2D eigenvalue weighted by Crippen LogP contribution is 2.09. The van der Waals surface area contributed by atoms with E-state index in [2.05, 4.69) is 322 Å². The third-order valence-electron chi connectivity index (χ3n) is 5.66. The zero-order chi connectivity index (χ0) is 63.9. The molecule has 17 heteroatoms. The summed E-state index contributed by atoms with van der Waals surface area (Å²) in [6.07, 6.45) is 10.6. The molecule has 7 aliphatic heterocycles. The smallest absolute Gasteiger partial charge is 0.125 e. The van der Waals surface area contributed by atoms with Crippen molar-refractivity contribution in [2.24, 2.45) is 46.4 Å². The van der Waals surface area contributed by atoms with Gasteiger partial charge < -0.3 is 74.8 Å². The molecule has 0 atom stereocenters. The summed E-state index contributed by atoms with van der Waals surface area (Å²) in [5.74, 6) is 11.7. The van der Waals surface area contributed by atoms with Gasteiger partial charge in [-0.2, -0.15) is 5.53 Å². The van der Waals surface area contributed by atoms with Crippen molar-refractivity contribution in [3.05, 3.63) is 185 Å². The van der Waals surface area contributed by atoms with Crippen molar-refractivity contribution < 1.29 is 0 Å². The summed E-state index contributed by atoms with van der Waals surface area (Å²) in [6.45, 7) is 94.7. The van der Waals surface area contributed by atoms with Crippen molar-refractivity contribution in [1.82, 2.24) is 85.7 Å². The van der Waals surface area contributed by atoms with Gasteiger partial charge in [-0.15, -0.1) is 0 Å². The average molecular weight is 1300 g/mol. The Morgan fingerprint density at radius 3 is 0.813 bits per heavy atom. The lowest BCUT2D eigenvalue weighted by Gasteiger charge is -2.23. The van der Waals surface area contributed by atoms with Gasteiger partial charge in [-0.25, -0.2) is 10.4 Å². The fourth-order valence-corrected chi connectivity index (χ4v) is 3.53. The van der Waals surface area contributed by atoms with E-state index in [0.717, 1.165) is 113 Å². The van der Waals surface area contributed by atoms with Gasteiger partial charge in [0.15, 0.2) is 0 Å². The molecule has 0 amide bonds. The van der Waals surface area contributed by atoms with Crippen LogP contribution in [0, 0.1) is 41.4 Å². The van der Waals surface area contributed by atoms with E-state index in [1.165, 1.54) is 0 Å². The van der Waals surface area contributed by atoms with Crippen LogP contribution in [0.25, 0.3) is 0 Å². The molecule has 0 aromatic carbocycles. The van der Waals surface area contributed by atoms with Crippen molar-refractivity contribution in [2.75, 3.05) is 13.1 Å². The van der Waals surface area contributed by atoms with Gasteiger partial charge in [-0.05, 0) is 47.5 Å². The minimum Gasteiger partial charge on any atom is -0.372 e. The predicted octanol–water partition coefficient (Wildman–Crippen LogP) is 19.9. The van der Waals surface area contributed by atoms with Crippen LogP contribution in [0.2, 0.25) is 0 Å². The van der Waals surface area contributed by atoms with E-state index in [4.69, 9.17) is 0 Å². The number of hydrogen-bond acceptors (Lipinski definition) is 17. The van der Waals surface area contributed by atoms with Crippen LogP contribution in [0.3, 0.4) is 0 Å². The Balaban J connectivity index is -0.0000000395. The van der Waals surface area contributed by atoms with Gasteiger partial charge in [-0.3, -0.25) is 0 Å². The van der Waals surface area contributed by atoms with Crippen molar-refractivity contribution in [1.29, 1.82) is 0 Å². The molecule has 0 aromatic heterocycles. The van der Waals surface area contributed by atoms with Crippen LogP contribution in [0.4, 0.5) is 0 Å². The van der Waals surface area contributed by atoms with Crippen molar-refractivity contribution in [3.8, 4) is 0 Å². The van der Waals surface area contributed by atoms with Crippen molar-refractivity contribution >= 4 is 6.34 Å². The first-order chi connectivity index (χ1) is 36.7. The number of rotatable bonds is 0. The monoisotopic (exact) mass is 1300 g/mol. The van der Waals surface area contributed by atoms with Crippen LogP contribution in [0.5, 0.6) is 0 Å². The largest absolute Gasteiger partial charge is 0.372 e. The minimum absolute atomic E-state index is 0.